The summed E-state index contributed by atoms with van der Waals surface area (Å²) in [5.74, 6) is -0.301. The van der Waals surface area contributed by atoms with Crippen LogP contribution >= 0.6 is 11.3 Å². The molecule has 146 valence electrons. The van der Waals surface area contributed by atoms with E-state index in [0.29, 0.717) is 16.6 Å². The summed E-state index contributed by atoms with van der Waals surface area (Å²) in [7, 11) is 3.11. The van der Waals surface area contributed by atoms with Gasteiger partial charge in [0.2, 0.25) is 0 Å². The van der Waals surface area contributed by atoms with E-state index in [0.717, 1.165) is 17.8 Å². The summed E-state index contributed by atoms with van der Waals surface area (Å²) in [6.07, 6.45) is 0.926. The van der Waals surface area contributed by atoms with Crippen LogP contribution in [-0.4, -0.2) is 30.1 Å². The van der Waals surface area contributed by atoms with Crippen molar-refractivity contribution in [3.05, 3.63) is 53.0 Å². The summed E-state index contributed by atoms with van der Waals surface area (Å²) < 4.78 is 37.4. The highest BCUT2D eigenvalue weighted by molar-refractivity contribution is 7.14. The highest BCUT2D eigenvalue weighted by Crippen LogP contribution is 2.28. The van der Waals surface area contributed by atoms with Gasteiger partial charge in [0.05, 0.1) is 32.5 Å². The van der Waals surface area contributed by atoms with E-state index in [-0.39, 0.29) is 23.9 Å². The number of anilines is 1. The predicted molar refractivity (Wildman–Crippen MR) is 103 cm³/mol. The molecule has 0 saturated carbocycles. The van der Waals surface area contributed by atoms with Gasteiger partial charge in [-0.05, 0) is 12.1 Å². The lowest BCUT2D eigenvalue weighted by Gasteiger charge is -2.14. The number of benzene rings is 1. The number of aromatic nitrogens is 2. The second-order valence-electron chi connectivity index (χ2n) is 5.52. The normalized spacial score (nSPS) is 10.4. The Kier molecular flexibility index (Phi) is 5.99. The zero-order valence-electron chi connectivity index (χ0n) is 15.0. The van der Waals surface area contributed by atoms with Crippen molar-refractivity contribution in [2.24, 2.45) is 0 Å². The van der Waals surface area contributed by atoms with Gasteiger partial charge in [0, 0.05) is 11.4 Å². The summed E-state index contributed by atoms with van der Waals surface area (Å²) >= 11 is 1.17. The lowest BCUT2D eigenvalue weighted by atomic mass is 10.1. The van der Waals surface area contributed by atoms with Gasteiger partial charge in [-0.25, -0.2) is 18.7 Å². The lowest BCUT2D eigenvalue weighted by Crippen LogP contribution is -2.29. The van der Waals surface area contributed by atoms with E-state index in [2.05, 4.69) is 20.6 Å². The fourth-order valence-electron chi connectivity index (χ4n) is 2.47. The summed E-state index contributed by atoms with van der Waals surface area (Å²) in [4.78, 5) is 7.91. The monoisotopic (exact) mass is 405 g/mol. The van der Waals surface area contributed by atoms with E-state index >= 15 is 0 Å². The van der Waals surface area contributed by atoms with Crippen LogP contribution in [0, 0.1) is 17.0 Å². The van der Waals surface area contributed by atoms with Crippen molar-refractivity contribution in [1.29, 1.82) is 5.41 Å². The van der Waals surface area contributed by atoms with Crippen LogP contribution < -0.4 is 20.1 Å². The summed E-state index contributed by atoms with van der Waals surface area (Å²) in [5, 5.41) is 15.7. The van der Waals surface area contributed by atoms with Crippen molar-refractivity contribution in [3.8, 4) is 22.9 Å². The minimum absolute atomic E-state index is 0.0126. The number of halogens is 2. The minimum atomic E-state index is -0.798. The molecule has 0 aliphatic carbocycles. The third-order valence-corrected chi connectivity index (χ3v) is 4.52. The first-order chi connectivity index (χ1) is 13.5. The number of nitrogens with one attached hydrogen (secondary N) is 3. The van der Waals surface area contributed by atoms with E-state index < -0.39 is 11.6 Å². The molecule has 2 aromatic heterocycles. The smallest absolute Gasteiger partial charge is 0.195 e. The van der Waals surface area contributed by atoms with Crippen LogP contribution in [0.5, 0.6) is 11.5 Å². The predicted octanol–water partition coefficient (Wildman–Crippen LogP) is 3.64. The van der Waals surface area contributed by atoms with E-state index in [1.807, 2.05) is 6.07 Å². The third-order valence-electron chi connectivity index (χ3n) is 3.76. The molecule has 28 heavy (non-hydrogen) atoms. The van der Waals surface area contributed by atoms with Crippen molar-refractivity contribution in [3.63, 3.8) is 0 Å². The van der Waals surface area contributed by atoms with Gasteiger partial charge >= 0.3 is 0 Å². The van der Waals surface area contributed by atoms with Crippen LogP contribution in [-0.2, 0) is 6.54 Å². The molecule has 7 nitrogen and oxygen atoms in total. The Hall–Kier alpha value is -3.27. The van der Waals surface area contributed by atoms with Gasteiger partial charge < -0.3 is 20.1 Å². The van der Waals surface area contributed by atoms with Gasteiger partial charge in [-0.1, -0.05) is 6.07 Å². The standard InChI is InChI=1S/C18H17F2N5O2S/c1-26-14-4-3-5-15(27-2)11(14)8-23-17(21)25-18-24-13(9-28-18)16-12(20)6-10(19)7-22-16/h3-7,9H,8H2,1-2H3,(H3,21,23,24,25). The Bertz CT molecular complexity index is 974. The Morgan fingerprint density at radius 2 is 1.93 bits per heavy atom. The zero-order chi connectivity index (χ0) is 20.1. The molecule has 2 heterocycles. The Labute approximate surface area is 163 Å². The quantitative estimate of drug-likeness (QED) is 0.428. The van der Waals surface area contributed by atoms with Gasteiger partial charge in [0.1, 0.15) is 28.7 Å². The van der Waals surface area contributed by atoms with Crippen LogP contribution in [0.15, 0.2) is 35.8 Å². The average molecular weight is 405 g/mol. The van der Waals surface area contributed by atoms with Crippen molar-refractivity contribution >= 4 is 22.4 Å². The molecule has 0 bridgehead atoms. The van der Waals surface area contributed by atoms with Crippen LogP contribution in [0.4, 0.5) is 13.9 Å². The van der Waals surface area contributed by atoms with Crippen LogP contribution in [0.25, 0.3) is 11.4 Å². The summed E-state index contributed by atoms with van der Waals surface area (Å²) in [5.41, 5.74) is 0.963. The first-order valence-corrected chi connectivity index (χ1v) is 8.96. The molecular weight excluding hydrogens is 388 g/mol. The van der Waals surface area contributed by atoms with Gasteiger partial charge in [0.15, 0.2) is 16.9 Å². The maximum Gasteiger partial charge on any atom is 0.195 e. The molecule has 0 saturated heterocycles. The highest BCUT2D eigenvalue weighted by Gasteiger charge is 2.14. The number of pyridine rings is 1. The highest BCUT2D eigenvalue weighted by atomic mass is 32.1. The van der Waals surface area contributed by atoms with Crippen LogP contribution in [0.2, 0.25) is 0 Å². The molecule has 3 rings (SSSR count). The van der Waals surface area contributed by atoms with Crippen molar-refractivity contribution in [2.45, 2.75) is 6.54 Å². The Morgan fingerprint density at radius 1 is 1.21 bits per heavy atom. The van der Waals surface area contributed by atoms with Crippen molar-refractivity contribution in [1.82, 2.24) is 15.3 Å². The van der Waals surface area contributed by atoms with E-state index in [1.165, 1.54) is 11.3 Å². The maximum atomic E-state index is 13.8. The fraction of sp³-hybridized carbons (Fsp3) is 0.167. The molecule has 3 N–H and O–H groups in total. The molecule has 10 heteroatoms. The van der Waals surface area contributed by atoms with Crippen LogP contribution in [0.1, 0.15) is 5.56 Å². The van der Waals surface area contributed by atoms with E-state index in [9.17, 15) is 8.78 Å². The maximum absolute atomic E-state index is 13.8. The number of thiazole rings is 1. The molecule has 0 unspecified atom stereocenters. The molecule has 3 aromatic rings. The molecule has 0 atom stereocenters. The second-order valence-corrected chi connectivity index (χ2v) is 6.37. The van der Waals surface area contributed by atoms with Crippen molar-refractivity contribution < 1.29 is 18.3 Å². The minimum Gasteiger partial charge on any atom is -0.496 e. The van der Waals surface area contributed by atoms with Crippen molar-refractivity contribution in [2.75, 3.05) is 19.5 Å². The lowest BCUT2D eigenvalue weighted by molar-refractivity contribution is 0.384. The topological polar surface area (TPSA) is 92.2 Å². The largest absolute Gasteiger partial charge is 0.496 e. The summed E-state index contributed by atoms with van der Waals surface area (Å²) in [6, 6.07) is 6.16. The Balaban J connectivity index is 1.66. The van der Waals surface area contributed by atoms with E-state index in [1.54, 1.807) is 31.7 Å². The number of hydrogen-bond acceptors (Lipinski definition) is 6. The van der Waals surface area contributed by atoms with Crippen LogP contribution in [0.3, 0.4) is 0 Å². The SMILES string of the molecule is COc1cccc(OC)c1CNC(=N)Nc1nc(-c2ncc(F)cc2F)cs1. The zero-order valence-corrected chi connectivity index (χ0v) is 15.9. The second kappa shape index (κ2) is 8.61. The average Bonchev–Trinajstić information content (AvgIpc) is 3.13. The van der Waals surface area contributed by atoms with Gasteiger partial charge in [-0.15, -0.1) is 11.3 Å². The number of ether oxygens (including phenoxy) is 2. The van der Waals surface area contributed by atoms with Gasteiger partial charge in [-0.2, -0.15) is 0 Å². The fourth-order valence-corrected chi connectivity index (χ4v) is 3.17. The number of hydrogen-bond donors (Lipinski definition) is 3. The first-order valence-electron chi connectivity index (χ1n) is 8.08. The van der Waals surface area contributed by atoms with Gasteiger partial charge in [-0.3, -0.25) is 5.41 Å². The summed E-state index contributed by atoms with van der Waals surface area (Å²) in [6.45, 7) is 0.283. The molecule has 1 aromatic carbocycles. The Morgan fingerprint density at radius 3 is 2.57 bits per heavy atom. The molecular formula is C18H17F2N5O2S. The molecule has 0 fully saturated rings. The van der Waals surface area contributed by atoms with E-state index in [4.69, 9.17) is 14.9 Å². The van der Waals surface area contributed by atoms with Gasteiger partial charge in [0.25, 0.3) is 0 Å². The number of guanidine groups is 1. The third kappa shape index (κ3) is 4.34. The molecule has 0 radical (unpaired) electrons. The molecule has 0 spiro atoms. The number of nitrogens with zero attached hydrogens (tertiary/aromatic N) is 2. The number of rotatable bonds is 6. The molecule has 0 amide bonds. The number of methoxy groups -OCH3 is 2. The molecule has 0 aliphatic rings. The molecule has 0 aliphatic heterocycles. The first kappa shape index (κ1) is 19.5.